The number of rotatable bonds is 2. The van der Waals surface area contributed by atoms with Crippen LogP contribution in [0.3, 0.4) is 0 Å². The van der Waals surface area contributed by atoms with Gasteiger partial charge in [-0.1, -0.05) is 73.1 Å². The zero-order valence-electron chi connectivity index (χ0n) is 13.8. The number of hydrogen-bond donors (Lipinski definition) is 1. The molecule has 0 saturated heterocycles. The van der Waals surface area contributed by atoms with Crippen LogP contribution in [-0.2, 0) is 4.79 Å². The molecule has 0 aromatic heterocycles. The second kappa shape index (κ2) is 4.60. The second-order valence-corrected chi connectivity index (χ2v) is 8.77. The van der Waals surface area contributed by atoms with Crippen molar-refractivity contribution in [1.29, 1.82) is 0 Å². The van der Waals surface area contributed by atoms with E-state index in [1.165, 1.54) is 0 Å². The van der Waals surface area contributed by atoms with Gasteiger partial charge in [0.15, 0.2) is 0 Å². The Balaban J connectivity index is 1.71. The number of anilines is 1. The lowest BCUT2D eigenvalue weighted by Crippen LogP contribution is -2.68. The van der Waals surface area contributed by atoms with Crippen molar-refractivity contribution in [2.24, 2.45) is 16.2 Å². The van der Waals surface area contributed by atoms with Crippen LogP contribution in [0, 0.1) is 16.2 Å². The van der Waals surface area contributed by atoms with Crippen molar-refractivity contribution >= 4 is 38.3 Å². The summed E-state index contributed by atoms with van der Waals surface area (Å²) >= 11 is 3.85. The highest BCUT2D eigenvalue weighted by Gasteiger charge is 2.80. The van der Waals surface area contributed by atoms with Gasteiger partial charge in [0, 0.05) is 15.9 Å². The van der Waals surface area contributed by atoms with E-state index in [-0.39, 0.29) is 27.0 Å². The van der Waals surface area contributed by atoms with Crippen LogP contribution >= 0.6 is 15.9 Å². The minimum atomic E-state index is -0.307. The van der Waals surface area contributed by atoms with E-state index >= 15 is 0 Å². The molecule has 3 aliphatic carbocycles. The van der Waals surface area contributed by atoms with E-state index < -0.39 is 0 Å². The fourth-order valence-corrected chi connectivity index (χ4v) is 6.84. The molecule has 1 amide bonds. The summed E-state index contributed by atoms with van der Waals surface area (Å²) in [6, 6.07) is 14.3. The molecule has 0 spiro atoms. The van der Waals surface area contributed by atoms with Crippen LogP contribution in [0.1, 0.15) is 33.6 Å². The highest BCUT2D eigenvalue weighted by Crippen LogP contribution is 2.79. The number of carbonyl (C=O) groups excluding carboxylic acids is 1. The molecule has 2 aromatic rings. The molecule has 2 nitrogen and oxygen atoms in total. The summed E-state index contributed by atoms with van der Waals surface area (Å²) in [4.78, 5) is 13.5. The zero-order valence-corrected chi connectivity index (χ0v) is 15.4. The molecule has 0 aliphatic heterocycles. The first-order chi connectivity index (χ1) is 10.8. The standard InChI is InChI=1S/C20H22BrNO/c1-18(2)19(3)11-12-20(18,16(19)21)17(23)22-15-10-6-8-13-7-4-5-9-14(13)15/h4-10,16H,11-12H2,1-3H3,(H,22,23)/t16-,19+,20+/m1/s1. The smallest absolute Gasteiger partial charge is 0.232 e. The number of hydrogen-bond acceptors (Lipinski definition) is 1. The Morgan fingerprint density at radius 2 is 1.78 bits per heavy atom. The Morgan fingerprint density at radius 3 is 2.43 bits per heavy atom. The predicted molar refractivity (Wildman–Crippen MR) is 98.8 cm³/mol. The number of alkyl halides is 1. The van der Waals surface area contributed by atoms with Crippen molar-refractivity contribution in [3.8, 4) is 0 Å². The molecule has 3 atom stereocenters. The lowest BCUT2D eigenvalue weighted by atomic mass is 9.43. The number of fused-ring (bicyclic) bond motifs is 2. The minimum Gasteiger partial charge on any atom is -0.325 e. The van der Waals surface area contributed by atoms with E-state index in [4.69, 9.17) is 0 Å². The number of carbonyl (C=O) groups is 1. The lowest BCUT2D eigenvalue weighted by Gasteiger charge is -2.64. The van der Waals surface area contributed by atoms with Crippen molar-refractivity contribution in [3.63, 3.8) is 0 Å². The largest absolute Gasteiger partial charge is 0.325 e. The number of nitrogens with one attached hydrogen (secondary N) is 1. The number of halogens is 1. The molecule has 3 saturated carbocycles. The highest BCUT2D eigenvalue weighted by atomic mass is 79.9. The lowest BCUT2D eigenvalue weighted by molar-refractivity contribution is -0.155. The molecule has 0 unspecified atom stereocenters. The van der Waals surface area contributed by atoms with Crippen molar-refractivity contribution < 1.29 is 4.79 Å². The highest BCUT2D eigenvalue weighted by molar-refractivity contribution is 9.09. The van der Waals surface area contributed by atoms with Crippen LogP contribution < -0.4 is 5.32 Å². The van der Waals surface area contributed by atoms with Gasteiger partial charge in [-0.15, -0.1) is 0 Å². The van der Waals surface area contributed by atoms with Gasteiger partial charge in [0.25, 0.3) is 0 Å². The average molecular weight is 372 g/mol. The number of benzene rings is 2. The average Bonchev–Trinajstić information content (AvgIpc) is 2.95. The maximum absolute atomic E-state index is 13.2. The molecule has 120 valence electrons. The molecule has 0 radical (unpaired) electrons. The van der Waals surface area contributed by atoms with Crippen LogP contribution in [0.5, 0.6) is 0 Å². The molecule has 3 aliphatic rings. The SMILES string of the molecule is CC1(C)[C@@]2(C)CC[C@@]1(C(=O)Nc1cccc3ccccc13)[C@@H]2Br. The summed E-state index contributed by atoms with van der Waals surface area (Å²) in [5.74, 6) is 0.163. The summed E-state index contributed by atoms with van der Waals surface area (Å²) in [5, 5.41) is 5.50. The van der Waals surface area contributed by atoms with Crippen molar-refractivity contribution in [2.75, 3.05) is 5.32 Å². The van der Waals surface area contributed by atoms with E-state index in [1.54, 1.807) is 0 Å². The van der Waals surface area contributed by atoms with E-state index in [0.717, 1.165) is 29.3 Å². The second-order valence-electron chi connectivity index (χ2n) is 7.86. The number of amides is 1. The molecule has 0 heterocycles. The molecule has 3 heteroatoms. The first-order valence-electron chi connectivity index (χ1n) is 8.28. The van der Waals surface area contributed by atoms with Gasteiger partial charge in [-0.2, -0.15) is 0 Å². The van der Waals surface area contributed by atoms with Crippen LogP contribution in [0.4, 0.5) is 5.69 Å². The van der Waals surface area contributed by atoms with Crippen LogP contribution in [-0.4, -0.2) is 10.7 Å². The third-order valence-corrected chi connectivity index (χ3v) is 8.81. The Hall–Kier alpha value is -1.35. The summed E-state index contributed by atoms with van der Waals surface area (Å²) in [7, 11) is 0. The maximum Gasteiger partial charge on any atom is 0.232 e. The van der Waals surface area contributed by atoms with Gasteiger partial charge in [-0.25, -0.2) is 0 Å². The van der Waals surface area contributed by atoms with Crippen molar-refractivity contribution in [2.45, 2.75) is 38.4 Å². The Kier molecular flexibility index (Phi) is 3.04. The summed E-state index contributed by atoms with van der Waals surface area (Å²) in [6.07, 6.45) is 2.07. The van der Waals surface area contributed by atoms with Crippen LogP contribution in [0.25, 0.3) is 10.8 Å². The van der Waals surface area contributed by atoms with Gasteiger partial charge >= 0.3 is 0 Å². The molecule has 1 N–H and O–H groups in total. The van der Waals surface area contributed by atoms with Crippen LogP contribution in [0.2, 0.25) is 0 Å². The van der Waals surface area contributed by atoms with Gasteiger partial charge in [-0.3, -0.25) is 4.79 Å². The maximum atomic E-state index is 13.2. The first kappa shape index (κ1) is 15.2. The predicted octanol–water partition coefficient (Wildman–Crippen LogP) is 5.37. The normalized spacial score (nSPS) is 34.2. The topological polar surface area (TPSA) is 29.1 Å². The molecular formula is C20H22BrNO. The monoisotopic (exact) mass is 371 g/mol. The fraction of sp³-hybridized carbons (Fsp3) is 0.450. The third-order valence-electron chi connectivity index (χ3n) is 7.02. The van der Waals surface area contributed by atoms with E-state index in [1.807, 2.05) is 24.3 Å². The molecule has 2 bridgehead atoms. The summed E-state index contributed by atoms with van der Waals surface area (Å²) < 4.78 is 0. The quantitative estimate of drug-likeness (QED) is 0.706. The minimum absolute atomic E-state index is 0.0167. The van der Waals surface area contributed by atoms with Gasteiger partial charge < -0.3 is 5.32 Å². The third kappa shape index (κ3) is 1.62. The van der Waals surface area contributed by atoms with Gasteiger partial charge in [0.1, 0.15) is 0 Å². The fourth-order valence-electron chi connectivity index (χ4n) is 5.03. The van der Waals surface area contributed by atoms with E-state index in [9.17, 15) is 4.79 Å². The van der Waals surface area contributed by atoms with Gasteiger partial charge in [0.2, 0.25) is 5.91 Å². The summed E-state index contributed by atoms with van der Waals surface area (Å²) in [6.45, 7) is 6.81. The van der Waals surface area contributed by atoms with E-state index in [0.29, 0.717) is 0 Å². The zero-order chi connectivity index (χ0) is 16.5. The van der Waals surface area contributed by atoms with Gasteiger partial charge in [-0.05, 0) is 35.1 Å². The Bertz CT molecular complexity index is 809. The van der Waals surface area contributed by atoms with Crippen molar-refractivity contribution in [1.82, 2.24) is 0 Å². The Morgan fingerprint density at radius 1 is 1.09 bits per heavy atom. The van der Waals surface area contributed by atoms with E-state index in [2.05, 4.69) is 60.2 Å². The molecule has 5 rings (SSSR count). The first-order valence-corrected chi connectivity index (χ1v) is 9.19. The molecule has 23 heavy (non-hydrogen) atoms. The molecule has 3 fully saturated rings. The van der Waals surface area contributed by atoms with Crippen LogP contribution in [0.15, 0.2) is 42.5 Å². The molecule has 2 aromatic carbocycles. The Labute approximate surface area is 145 Å². The van der Waals surface area contributed by atoms with Gasteiger partial charge in [0.05, 0.1) is 5.41 Å². The van der Waals surface area contributed by atoms with Crippen molar-refractivity contribution in [3.05, 3.63) is 42.5 Å². The summed E-state index contributed by atoms with van der Waals surface area (Å²) in [5.41, 5.74) is 0.837. The molecular weight excluding hydrogens is 350 g/mol.